The summed E-state index contributed by atoms with van der Waals surface area (Å²) in [7, 11) is 1.80. The summed E-state index contributed by atoms with van der Waals surface area (Å²) in [5, 5.41) is 6.96. The summed E-state index contributed by atoms with van der Waals surface area (Å²) in [6.45, 7) is 6.13. The molecule has 0 fully saturated rings. The second-order valence-electron chi connectivity index (χ2n) is 7.99. The summed E-state index contributed by atoms with van der Waals surface area (Å²) in [5.41, 5.74) is 2.93. The Balaban J connectivity index is 1.91. The van der Waals surface area contributed by atoms with Gasteiger partial charge in [0.2, 0.25) is 0 Å². The molecule has 1 atom stereocenters. The van der Waals surface area contributed by atoms with Gasteiger partial charge in [0.25, 0.3) is 5.91 Å². The van der Waals surface area contributed by atoms with Crippen LogP contribution in [0.25, 0.3) is 0 Å². The highest BCUT2D eigenvalue weighted by atomic mass is 35.5. The van der Waals surface area contributed by atoms with Crippen LogP contribution >= 0.6 is 23.8 Å². The van der Waals surface area contributed by atoms with Crippen molar-refractivity contribution < 1.29 is 14.3 Å². The van der Waals surface area contributed by atoms with Crippen LogP contribution in [0, 0.1) is 5.92 Å². The van der Waals surface area contributed by atoms with Crippen LogP contribution < -0.4 is 10.6 Å². The van der Waals surface area contributed by atoms with Crippen molar-refractivity contribution in [1.29, 1.82) is 0 Å². The highest BCUT2D eigenvalue weighted by Gasteiger charge is 2.33. The molecule has 0 bridgehead atoms. The minimum Gasteiger partial charge on any atom is -0.462 e. The normalized spacial score (nSPS) is 16.1. The van der Waals surface area contributed by atoms with E-state index in [2.05, 4.69) is 10.6 Å². The average molecular weight is 472 g/mol. The number of ether oxygens (including phenoxy) is 1. The molecule has 1 heterocycles. The van der Waals surface area contributed by atoms with Crippen LogP contribution in [0.15, 0.2) is 59.8 Å². The first kappa shape index (κ1) is 23.8. The maximum atomic E-state index is 13.0. The number of allylic oxidation sites excluding steroid dienone is 1. The first-order chi connectivity index (χ1) is 15.2. The molecule has 0 radical (unpaired) electrons. The van der Waals surface area contributed by atoms with Crippen LogP contribution in [0.3, 0.4) is 0 Å². The van der Waals surface area contributed by atoms with Gasteiger partial charge in [0.1, 0.15) is 0 Å². The fourth-order valence-corrected chi connectivity index (χ4v) is 3.79. The molecule has 32 heavy (non-hydrogen) atoms. The van der Waals surface area contributed by atoms with E-state index in [0.717, 1.165) is 11.3 Å². The van der Waals surface area contributed by atoms with Crippen molar-refractivity contribution in [3.63, 3.8) is 0 Å². The van der Waals surface area contributed by atoms with Gasteiger partial charge in [-0.3, -0.25) is 4.79 Å². The van der Waals surface area contributed by atoms with Gasteiger partial charge in [0, 0.05) is 18.4 Å². The fourth-order valence-electron chi connectivity index (χ4n) is 3.31. The van der Waals surface area contributed by atoms with E-state index in [-0.39, 0.29) is 11.8 Å². The molecular formula is C24H26ClN3O3S. The Kier molecular flexibility index (Phi) is 7.53. The second-order valence-corrected chi connectivity index (χ2v) is 8.79. The smallest absolute Gasteiger partial charge is 0.338 e. The summed E-state index contributed by atoms with van der Waals surface area (Å²) in [6, 6.07) is 13.6. The Labute approximate surface area is 198 Å². The van der Waals surface area contributed by atoms with Gasteiger partial charge in [-0.1, -0.05) is 49.7 Å². The molecule has 6 nitrogen and oxygen atoms in total. The third-order valence-electron chi connectivity index (χ3n) is 5.12. The summed E-state index contributed by atoms with van der Waals surface area (Å²) in [6.07, 6.45) is 0. The van der Waals surface area contributed by atoms with E-state index < -0.39 is 12.0 Å². The number of nitrogens with zero attached hydrogens (tertiary/aromatic N) is 1. The summed E-state index contributed by atoms with van der Waals surface area (Å²) in [5.74, 6) is -0.492. The first-order valence-electron chi connectivity index (χ1n) is 10.3. The van der Waals surface area contributed by atoms with Crippen molar-refractivity contribution in [2.24, 2.45) is 5.92 Å². The van der Waals surface area contributed by atoms with Crippen molar-refractivity contribution in [1.82, 2.24) is 10.2 Å². The summed E-state index contributed by atoms with van der Waals surface area (Å²) < 4.78 is 5.52. The van der Waals surface area contributed by atoms with E-state index in [9.17, 15) is 9.59 Å². The molecule has 1 amide bonds. The van der Waals surface area contributed by atoms with Crippen LogP contribution in [0.2, 0.25) is 5.02 Å². The monoisotopic (exact) mass is 471 g/mol. The Morgan fingerprint density at radius 2 is 1.94 bits per heavy atom. The minimum atomic E-state index is -0.504. The lowest BCUT2D eigenvalue weighted by Crippen LogP contribution is -2.46. The Morgan fingerprint density at radius 3 is 2.62 bits per heavy atom. The van der Waals surface area contributed by atoms with E-state index in [0.29, 0.717) is 33.6 Å². The van der Waals surface area contributed by atoms with Gasteiger partial charge < -0.3 is 20.3 Å². The van der Waals surface area contributed by atoms with Crippen molar-refractivity contribution in [2.45, 2.75) is 26.8 Å². The molecule has 3 rings (SSSR count). The molecule has 0 spiro atoms. The number of thiocarbonyl (C=S) groups is 1. The number of hydrogen-bond donors (Lipinski definition) is 2. The zero-order chi connectivity index (χ0) is 23.4. The topological polar surface area (TPSA) is 70.7 Å². The number of esters is 1. The number of benzene rings is 2. The summed E-state index contributed by atoms with van der Waals surface area (Å²) >= 11 is 11.6. The molecule has 1 aliphatic heterocycles. The molecule has 8 heteroatoms. The number of hydrogen-bond acceptors (Lipinski definition) is 4. The maximum Gasteiger partial charge on any atom is 0.338 e. The number of carbonyl (C=O) groups is 2. The largest absolute Gasteiger partial charge is 0.462 e. The number of anilines is 1. The molecule has 0 saturated carbocycles. The molecule has 168 valence electrons. The zero-order valence-electron chi connectivity index (χ0n) is 18.4. The van der Waals surface area contributed by atoms with E-state index in [1.54, 1.807) is 42.3 Å². The van der Waals surface area contributed by atoms with Crippen LogP contribution in [0.5, 0.6) is 0 Å². The highest BCUT2D eigenvalue weighted by Crippen LogP contribution is 2.32. The third kappa shape index (κ3) is 5.29. The van der Waals surface area contributed by atoms with Gasteiger partial charge in [-0.2, -0.15) is 0 Å². The molecular weight excluding hydrogens is 446 g/mol. The van der Waals surface area contributed by atoms with Crippen molar-refractivity contribution >= 4 is 46.5 Å². The van der Waals surface area contributed by atoms with Gasteiger partial charge in [-0.05, 0) is 54.9 Å². The number of nitrogens with one attached hydrogen (secondary N) is 2. The lowest BCUT2D eigenvalue weighted by molar-refractivity contribution is -0.140. The lowest BCUT2D eigenvalue weighted by atomic mass is 9.94. The van der Waals surface area contributed by atoms with Gasteiger partial charge in [-0.15, -0.1) is 0 Å². The fraction of sp³-hybridized carbons (Fsp3) is 0.292. The molecule has 2 aromatic rings. The number of carbonyl (C=O) groups excluding carboxylic acids is 2. The Bertz CT molecular complexity index is 1080. The molecule has 0 unspecified atom stereocenters. The molecule has 0 aliphatic carbocycles. The highest BCUT2D eigenvalue weighted by molar-refractivity contribution is 7.80. The SMILES string of the molecule is CC1=C(C(=O)OCC(C)C)[C@H](c2cccc(NC(=O)c3ccccc3Cl)c2)NC(=S)N1C. The van der Waals surface area contributed by atoms with Crippen LogP contribution in [0.4, 0.5) is 5.69 Å². The quantitative estimate of drug-likeness (QED) is 0.460. The molecule has 0 aromatic heterocycles. The molecule has 0 saturated heterocycles. The Morgan fingerprint density at radius 1 is 1.22 bits per heavy atom. The van der Waals surface area contributed by atoms with Gasteiger partial charge in [-0.25, -0.2) is 4.79 Å². The number of halogens is 1. The summed E-state index contributed by atoms with van der Waals surface area (Å²) in [4.78, 5) is 27.4. The predicted molar refractivity (Wildman–Crippen MR) is 131 cm³/mol. The van der Waals surface area contributed by atoms with E-state index in [4.69, 9.17) is 28.6 Å². The van der Waals surface area contributed by atoms with Gasteiger partial charge in [0.15, 0.2) is 5.11 Å². The van der Waals surface area contributed by atoms with E-state index in [1.807, 2.05) is 39.0 Å². The van der Waals surface area contributed by atoms with Crippen LogP contribution in [-0.2, 0) is 9.53 Å². The zero-order valence-corrected chi connectivity index (χ0v) is 20.0. The third-order valence-corrected chi connectivity index (χ3v) is 5.84. The molecule has 1 aliphatic rings. The van der Waals surface area contributed by atoms with Crippen molar-refractivity contribution in [3.05, 3.63) is 76.0 Å². The molecule has 2 N–H and O–H groups in total. The van der Waals surface area contributed by atoms with Gasteiger partial charge >= 0.3 is 5.97 Å². The molecule has 2 aromatic carbocycles. The lowest BCUT2D eigenvalue weighted by Gasteiger charge is -2.35. The van der Waals surface area contributed by atoms with Gasteiger partial charge in [0.05, 0.1) is 28.8 Å². The maximum absolute atomic E-state index is 13.0. The van der Waals surface area contributed by atoms with Crippen LogP contribution in [-0.4, -0.2) is 35.5 Å². The number of amides is 1. The van der Waals surface area contributed by atoms with Crippen molar-refractivity contribution in [3.8, 4) is 0 Å². The predicted octanol–water partition coefficient (Wildman–Crippen LogP) is 4.93. The second kappa shape index (κ2) is 10.1. The first-order valence-corrected chi connectivity index (χ1v) is 11.1. The minimum absolute atomic E-state index is 0.219. The number of rotatable bonds is 6. The average Bonchev–Trinajstić information content (AvgIpc) is 2.76. The van der Waals surface area contributed by atoms with Crippen molar-refractivity contribution in [2.75, 3.05) is 19.0 Å². The Hall–Kier alpha value is -2.90. The van der Waals surface area contributed by atoms with E-state index >= 15 is 0 Å². The van der Waals surface area contributed by atoms with Crippen LogP contribution in [0.1, 0.15) is 42.7 Å². The van der Waals surface area contributed by atoms with E-state index in [1.165, 1.54) is 0 Å². The standard InChI is InChI=1S/C24H26ClN3O3S/c1-14(2)13-31-23(30)20-15(3)28(4)24(32)27-21(20)16-8-7-9-17(12-16)26-22(29)18-10-5-6-11-19(18)25/h5-12,14,21H,13H2,1-4H3,(H,26,29)(H,27,32)/t21-/m0/s1.